The van der Waals surface area contributed by atoms with Crippen LogP contribution in [0.2, 0.25) is 0 Å². The third kappa shape index (κ3) is 3.75. The molecule has 2 N–H and O–H groups in total. The Balaban J connectivity index is 2.20. The zero-order chi connectivity index (χ0) is 15.4. The van der Waals surface area contributed by atoms with E-state index in [0.717, 1.165) is 11.3 Å². The lowest BCUT2D eigenvalue weighted by Crippen LogP contribution is -2.14. The first-order valence-corrected chi connectivity index (χ1v) is 6.75. The average molecular weight is 285 g/mol. The van der Waals surface area contributed by atoms with Crippen LogP contribution in [-0.2, 0) is 11.2 Å². The van der Waals surface area contributed by atoms with E-state index in [1.807, 2.05) is 43.3 Å². The molecule has 0 fully saturated rings. The highest BCUT2D eigenvalue weighted by molar-refractivity contribution is 5.76. The van der Waals surface area contributed by atoms with Crippen molar-refractivity contribution in [3.05, 3.63) is 59.7 Å². The van der Waals surface area contributed by atoms with Gasteiger partial charge in [0.25, 0.3) is 0 Å². The fourth-order valence-corrected chi connectivity index (χ4v) is 2.22. The van der Waals surface area contributed by atoms with Gasteiger partial charge in [0, 0.05) is 19.8 Å². The lowest BCUT2D eigenvalue weighted by molar-refractivity contribution is -0.138. The van der Waals surface area contributed by atoms with Crippen LogP contribution in [0.3, 0.4) is 0 Å². The summed E-state index contributed by atoms with van der Waals surface area (Å²) in [4.78, 5) is 13.5. The number of rotatable bonds is 5. The number of anilines is 1. The van der Waals surface area contributed by atoms with Crippen molar-refractivity contribution in [1.29, 1.82) is 0 Å². The van der Waals surface area contributed by atoms with Crippen LogP contribution in [0.4, 0.5) is 5.69 Å². The van der Waals surface area contributed by atoms with Crippen LogP contribution in [0.25, 0.3) is 0 Å². The number of phenols is 1. The molecule has 0 radical (unpaired) electrons. The van der Waals surface area contributed by atoms with Gasteiger partial charge in [-0.25, -0.2) is 0 Å². The number of aromatic hydroxyl groups is 1. The molecular formula is C17H19NO3. The summed E-state index contributed by atoms with van der Waals surface area (Å²) in [6.07, 6.45) is 0.424. The molecule has 2 aromatic rings. The minimum absolute atomic E-state index is 0.137. The Morgan fingerprint density at radius 1 is 1.05 bits per heavy atom. The summed E-state index contributed by atoms with van der Waals surface area (Å²) in [7, 11) is 3.93. The molecule has 2 aromatic carbocycles. The molecule has 0 saturated heterocycles. The smallest absolute Gasteiger partial charge is 0.311 e. The van der Waals surface area contributed by atoms with Crippen molar-refractivity contribution in [2.24, 2.45) is 0 Å². The molecule has 0 heterocycles. The summed E-state index contributed by atoms with van der Waals surface area (Å²) in [6, 6.07) is 14.2. The van der Waals surface area contributed by atoms with Crippen molar-refractivity contribution < 1.29 is 15.0 Å². The highest BCUT2D eigenvalue weighted by Crippen LogP contribution is 2.24. The van der Waals surface area contributed by atoms with Crippen LogP contribution >= 0.6 is 0 Å². The Kier molecular flexibility index (Phi) is 4.48. The van der Waals surface area contributed by atoms with Crippen molar-refractivity contribution in [2.75, 3.05) is 19.0 Å². The molecule has 0 aromatic heterocycles. The second-order valence-corrected chi connectivity index (χ2v) is 5.25. The van der Waals surface area contributed by atoms with Gasteiger partial charge >= 0.3 is 5.97 Å². The number of carboxylic acid groups (broad SMARTS) is 1. The molecule has 4 nitrogen and oxygen atoms in total. The predicted molar refractivity (Wildman–Crippen MR) is 83.0 cm³/mol. The molecule has 4 heteroatoms. The molecule has 0 bridgehead atoms. The van der Waals surface area contributed by atoms with Gasteiger partial charge in [-0.05, 0) is 41.8 Å². The molecule has 0 saturated carbocycles. The van der Waals surface area contributed by atoms with E-state index in [0.29, 0.717) is 12.0 Å². The van der Waals surface area contributed by atoms with Crippen LogP contribution in [-0.4, -0.2) is 30.3 Å². The second kappa shape index (κ2) is 6.31. The van der Waals surface area contributed by atoms with Crippen molar-refractivity contribution in [3.63, 3.8) is 0 Å². The van der Waals surface area contributed by atoms with Crippen LogP contribution in [0, 0.1) is 0 Å². The van der Waals surface area contributed by atoms with E-state index in [9.17, 15) is 15.0 Å². The fraction of sp³-hybridized carbons (Fsp3) is 0.235. The van der Waals surface area contributed by atoms with Gasteiger partial charge in [-0.3, -0.25) is 4.79 Å². The molecule has 2 rings (SSSR count). The number of phenolic OH excluding ortho intramolecular Hbond substituents is 1. The third-order valence-electron chi connectivity index (χ3n) is 3.49. The van der Waals surface area contributed by atoms with E-state index in [-0.39, 0.29) is 5.75 Å². The summed E-state index contributed by atoms with van der Waals surface area (Å²) in [5.41, 5.74) is 2.74. The maximum atomic E-state index is 11.5. The Morgan fingerprint density at radius 2 is 1.62 bits per heavy atom. The summed E-state index contributed by atoms with van der Waals surface area (Å²) in [5.74, 6) is -1.34. The van der Waals surface area contributed by atoms with Crippen molar-refractivity contribution in [2.45, 2.75) is 12.3 Å². The van der Waals surface area contributed by atoms with E-state index >= 15 is 0 Å². The summed E-state index contributed by atoms with van der Waals surface area (Å²) in [6.45, 7) is 0. The maximum absolute atomic E-state index is 11.5. The summed E-state index contributed by atoms with van der Waals surface area (Å²) >= 11 is 0. The summed E-state index contributed by atoms with van der Waals surface area (Å²) in [5, 5.41) is 18.7. The number of aliphatic carboxylic acids is 1. The average Bonchev–Trinajstić information content (AvgIpc) is 2.46. The lowest BCUT2D eigenvalue weighted by atomic mass is 9.92. The van der Waals surface area contributed by atoms with Crippen molar-refractivity contribution in [3.8, 4) is 5.75 Å². The molecule has 110 valence electrons. The Bertz CT molecular complexity index is 603. The SMILES string of the molecule is CN(C)c1ccc(CC(C(=O)O)c2ccc(O)cc2)cc1. The predicted octanol–water partition coefficient (Wildman–Crippen LogP) is 2.87. The zero-order valence-electron chi connectivity index (χ0n) is 12.2. The fourth-order valence-electron chi connectivity index (χ4n) is 2.22. The minimum Gasteiger partial charge on any atom is -0.508 e. The Labute approximate surface area is 124 Å². The lowest BCUT2D eigenvalue weighted by Gasteiger charge is -2.15. The largest absolute Gasteiger partial charge is 0.508 e. The Hall–Kier alpha value is -2.49. The molecule has 0 spiro atoms. The normalized spacial score (nSPS) is 11.9. The first-order valence-electron chi connectivity index (χ1n) is 6.75. The number of benzene rings is 2. The number of hydrogen-bond acceptors (Lipinski definition) is 3. The number of carboxylic acids is 1. The van der Waals surface area contributed by atoms with Crippen LogP contribution in [0.5, 0.6) is 5.75 Å². The standard InChI is InChI=1S/C17H19NO3/c1-18(2)14-7-3-12(4-8-14)11-16(17(20)21)13-5-9-15(19)10-6-13/h3-10,16,19H,11H2,1-2H3,(H,20,21). The summed E-state index contributed by atoms with van der Waals surface area (Å²) < 4.78 is 0. The highest BCUT2D eigenvalue weighted by atomic mass is 16.4. The Morgan fingerprint density at radius 3 is 2.10 bits per heavy atom. The van der Waals surface area contributed by atoms with Gasteiger partial charge < -0.3 is 15.1 Å². The van der Waals surface area contributed by atoms with Gasteiger partial charge in [0.2, 0.25) is 0 Å². The van der Waals surface area contributed by atoms with Gasteiger partial charge in [0.1, 0.15) is 5.75 Å². The number of nitrogens with zero attached hydrogens (tertiary/aromatic N) is 1. The maximum Gasteiger partial charge on any atom is 0.311 e. The minimum atomic E-state index is -0.864. The molecule has 1 unspecified atom stereocenters. The van der Waals surface area contributed by atoms with E-state index < -0.39 is 11.9 Å². The monoisotopic (exact) mass is 285 g/mol. The topological polar surface area (TPSA) is 60.8 Å². The van der Waals surface area contributed by atoms with E-state index in [4.69, 9.17) is 0 Å². The van der Waals surface area contributed by atoms with Crippen molar-refractivity contribution in [1.82, 2.24) is 0 Å². The van der Waals surface area contributed by atoms with Gasteiger partial charge in [-0.1, -0.05) is 24.3 Å². The molecule has 0 aliphatic rings. The van der Waals surface area contributed by atoms with Gasteiger partial charge in [-0.2, -0.15) is 0 Å². The molecule has 0 aliphatic heterocycles. The van der Waals surface area contributed by atoms with Crippen LogP contribution in [0.15, 0.2) is 48.5 Å². The van der Waals surface area contributed by atoms with Crippen LogP contribution in [0.1, 0.15) is 17.0 Å². The van der Waals surface area contributed by atoms with Crippen LogP contribution < -0.4 is 4.90 Å². The third-order valence-corrected chi connectivity index (χ3v) is 3.49. The molecular weight excluding hydrogens is 266 g/mol. The number of hydrogen-bond donors (Lipinski definition) is 2. The van der Waals surface area contributed by atoms with Gasteiger partial charge in [0.05, 0.1) is 5.92 Å². The second-order valence-electron chi connectivity index (χ2n) is 5.25. The van der Waals surface area contributed by atoms with Gasteiger partial charge in [-0.15, -0.1) is 0 Å². The first-order chi connectivity index (χ1) is 9.97. The zero-order valence-corrected chi connectivity index (χ0v) is 12.2. The molecule has 21 heavy (non-hydrogen) atoms. The molecule has 0 aliphatic carbocycles. The van der Waals surface area contributed by atoms with Crippen molar-refractivity contribution >= 4 is 11.7 Å². The van der Waals surface area contributed by atoms with Gasteiger partial charge in [0.15, 0.2) is 0 Å². The first kappa shape index (κ1) is 14.9. The molecule has 0 amide bonds. The highest BCUT2D eigenvalue weighted by Gasteiger charge is 2.20. The number of carbonyl (C=O) groups is 1. The van der Waals surface area contributed by atoms with E-state index in [1.54, 1.807) is 12.1 Å². The van der Waals surface area contributed by atoms with E-state index in [2.05, 4.69) is 0 Å². The molecule has 1 atom stereocenters. The quantitative estimate of drug-likeness (QED) is 0.887. The van der Waals surface area contributed by atoms with E-state index in [1.165, 1.54) is 12.1 Å².